The number of benzene rings is 1. The van der Waals surface area contributed by atoms with E-state index in [-0.39, 0.29) is 0 Å². The number of carboxylic acid groups (broad SMARTS) is 1. The molecule has 1 N–H and O–H groups in total. The zero-order valence-electron chi connectivity index (χ0n) is 9.51. The highest BCUT2D eigenvalue weighted by Gasteiger charge is 2.14. The Bertz CT molecular complexity index is 566. The number of hydrogen-bond donors (Lipinski definition) is 1. The molecule has 2 rings (SSSR count). The monoisotopic (exact) mass is 343 g/mol. The van der Waals surface area contributed by atoms with Gasteiger partial charge in [0.15, 0.2) is 4.34 Å². The van der Waals surface area contributed by atoms with Crippen molar-refractivity contribution in [1.82, 2.24) is 4.98 Å². The highest BCUT2D eigenvalue weighted by Crippen LogP contribution is 2.29. The largest absolute Gasteiger partial charge is 0.477 e. The number of thioether (sulfide) groups is 1. The van der Waals surface area contributed by atoms with Crippen LogP contribution in [0.4, 0.5) is 0 Å². The summed E-state index contributed by atoms with van der Waals surface area (Å²) in [5.74, 6) is -0.111. The maximum atomic E-state index is 10.9. The molecule has 1 aromatic carbocycles. The molecule has 1 heterocycles. The lowest BCUT2D eigenvalue weighted by atomic mass is 10.2. The van der Waals surface area contributed by atoms with Crippen molar-refractivity contribution in [2.45, 2.75) is 17.0 Å². The zero-order chi connectivity index (χ0) is 13.1. The van der Waals surface area contributed by atoms with Crippen LogP contribution in [-0.4, -0.2) is 16.1 Å². The number of rotatable bonds is 4. The number of halogens is 1. The van der Waals surface area contributed by atoms with Gasteiger partial charge in [0, 0.05) is 10.2 Å². The van der Waals surface area contributed by atoms with Gasteiger partial charge in [-0.05, 0) is 24.6 Å². The van der Waals surface area contributed by atoms with Gasteiger partial charge in [-0.3, -0.25) is 0 Å². The Balaban J connectivity index is 2.04. The summed E-state index contributed by atoms with van der Waals surface area (Å²) >= 11 is 6.18. The summed E-state index contributed by atoms with van der Waals surface area (Å²) in [6.45, 7) is 1.73. The number of carboxylic acids is 1. The smallest absolute Gasteiger partial charge is 0.347 e. The summed E-state index contributed by atoms with van der Waals surface area (Å²) in [6, 6.07) is 8.06. The summed E-state index contributed by atoms with van der Waals surface area (Å²) < 4.78 is 1.85. The predicted molar refractivity (Wildman–Crippen MR) is 77.5 cm³/mol. The average molecular weight is 344 g/mol. The molecule has 6 heteroatoms. The molecule has 0 fully saturated rings. The molecular formula is C12H10BrNO2S2. The summed E-state index contributed by atoms with van der Waals surface area (Å²) in [7, 11) is 0. The molecule has 0 amide bonds. The van der Waals surface area contributed by atoms with Crippen LogP contribution >= 0.6 is 39.0 Å². The van der Waals surface area contributed by atoms with Gasteiger partial charge in [-0.2, -0.15) is 0 Å². The van der Waals surface area contributed by atoms with E-state index in [4.69, 9.17) is 5.11 Å². The van der Waals surface area contributed by atoms with E-state index in [0.717, 1.165) is 14.6 Å². The maximum Gasteiger partial charge on any atom is 0.347 e. The molecule has 0 atom stereocenters. The Kier molecular flexibility index (Phi) is 4.42. The van der Waals surface area contributed by atoms with Crippen LogP contribution in [0.3, 0.4) is 0 Å². The molecular weight excluding hydrogens is 334 g/mol. The van der Waals surface area contributed by atoms with Crippen molar-refractivity contribution in [2.24, 2.45) is 0 Å². The Labute approximate surface area is 121 Å². The van der Waals surface area contributed by atoms with Crippen LogP contribution in [0.15, 0.2) is 33.1 Å². The SMILES string of the molecule is Cc1nc(SCc2ccc(Br)cc2)sc1C(=O)O. The molecule has 0 aliphatic carbocycles. The van der Waals surface area contributed by atoms with Crippen molar-refractivity contribution < 1.29 is 9.90 Å². The third-order valence-electron chi connectivity index (χ3n) is 2.25. The lowest BCUT2D eigenvalue weighted by Gasteiger charge is -1.98. The van der Waals surface area contributed by atoms with E-state index in [1.165, 1.54) is 16.9 Å². The molecule has 0 aliphatic rings. The number of aromatic nitrogens is 1. The fourth-order valence-electron chi connectivity index (χ4n) is 1.36. The van der Waals surface area contributed by atoms with E-state index in [1.807, 2.05) is 24.3 Å². The quantitative estimate of drug-likeness (QED) is 0.845. The van der Waals surface area contributed by atoms with Gasteiger partial charge in [0.2, 0.25) is 0 Å². The van der Waals surface area contributed by atoms with E-state index in [9.17, 15) is 4.79 Å². The van der Waals surface area contributed by atoms with Crippen molar-refractivity contribution in [1.29, 1.82) is 0 Å². The molecule has 2 aromatic rings. The minimum atomic E-state index is -0.902. The third kappa shape index (κ3) is 3.34. The third-order valence-corrected chi connectivity index (χ3v) is 5.13. The number of nitrogens with zero attached hydrogens (tertiary/aromatic N) is 1. The van der Waals surface area contributed by atoms with Crippen LogP contribution in [0.5, 0.6) is 0 Å². The van der Waals surface area contributed by atoms with E-state index in [1.54, 1.807) is 18.7 Å². The Morgan fingerprint density at radius 2 is 2.11 bits per heavy atom. The van der Waals surface area contributed by atoms with E-state index in [0.29, 0.717) is 10.6 Å². The van der Waals surface area contributed by atoms with Crippen LogP contribution in [-0.2, 0) is 5.75 Å². The molecule has 0 spiro atoms. The van der Waals surface area contributed by atoms with Gasteiger partial charge in [0.1, 0.15) is 4.88 Å². The van der Waals surface area contributed by atoms with Crippen molar-refractivity contribution >= 4 is 45.0 Å². The fourth-order valence-corrected chi connectivity index (χ4v) is 3.61. The normalized spacial score (nSPS) is 10.6. The average Bonchev–Trinajstić information content (AvgIpc) is 2.70. The minimum Gasteiger partial charge on any atom is -0.477 e. The Morgan fingerprint density at radius 3 is 2.67 bits per heavy atom. The Morgan fingerprint density at radius 1 is 1.44 bits per heavy atom. The second kappa shape index (κ2) is 5.86. The second-order valence-corrected chi connectivity index (χ2v) is 6.75. The standard InChI is InChI=1S/C12H10BrNO2S2/c1-7-10(11(15)16)18-12(14-7)17-6-8-2-4-9(13)5-3-8/h2-5H,6H2,1H3,(H,15,16). The lowest BCUT2D eigenvalue weighted by Crippen LogP contribution is -1.94. The van der Waals surface area contributed by atoms with Crippen molar-refractivity contribution in [3.05, 3.63) is 44.9 Å². The maximum absolute atomic E-state index is 10.9. The van der Waals surface area contributed by atoms with Crippen molar-refractivity contribution in [2.75, 3.05) is 0 Å². The molecule has 0 bridgehead atoms. The van der Waals surface area contributed by atoms with Gasteiger partial charge >= 0.3 is 5.97 Å². The van der Waals surface area contributed by atoms with Gasteiger partial charge in [-0.25, -0.2) is 9.78 Å². The van der Waals surface area contributed by atoms with Gasteiger partial charge in [0.05, 0.1) is 5.69 Å². The van der Waals surface area contributed by atoms with Crippen LogP contribution < -0.4 is 0 Å². The van der Waals surface area contributed by atoms with Gasteiger partial charge < -0.3 is 5.11 Å². The first-order chi connectivity index (χ1) is 8.56. The van der Waals surface area contributed by atoms with Gasteiger partial charge in [-0.15, -0.1) is 11.3 Å². The highest BCUT2D eigenvalue weighted by molar-refractivity contribution is 9.10. The first-order valence-electron chi connectivity index (χ1n) is 5.14. The van der Waals surface area contributed by atoms with E-state index >= 15 is 0 Å². The minimum absolute atomic E-state index is 0.327. The predicted octanol–water partition coefficient (Wildman–Crippen LogP) is 4.20. The topological polar surface area (TPSA) is 50.2 Å². The van der Waals surface area contributed by atoms with E-state index < -0.39 is 5.97 Å². The number of aromatic carboxylic acids is 1. The number of carbonyl (C=O) groups is 1. The summed E-state index contributed by atoms with van der Waals surface area (Å²) in [5.41, 5.74) is 1.78. The number of aryl methyl sites for hydroxylation is 1. The molecule has 0 aliphatic heterocycles. The summed E-state index contributed by atoms with van der Waals surface area (Å²) in [4.78, 5) is 15.5. The summed E-state index contributed by atoms with van der Waals surface area (Å²) in [6.07, 6.45) is 0. The fraction of sp³-hybridized carbons (Fsp3) is 0.167. The van der Waals surface area contributed by atoms with Crippen LogP contribution in [0.25, 0.3) is 0 Å². The first-order valence-corrected chi connectivity index (χ1v) is 7.73. The van der Waals surface area contributed by atoms with Crippen molar-refractivity contribution in [3.8, 4) is 0 Å². The van der Waals surface area contributed by atoms with Crippen molar-refractivity contribution in [3.63, 3.8) is 0 Å². The summed E-state index contributed by atoms with van der Waals surface area (Å²) in [5, 5.41) is 8.95. The van der Waals surface area contributed by atoms with Gasteiger partial charge in [0.25, 0.3) is 0 Å². The van der Waals surface area contributed by atoms with Crippen LogP contribution in [0.1, 0.15) is 20.9 Å². The van der Waals surface area contributed by atoms with Gasteiger partial charge in [-0.1, -0.05) is 39.8 Å². The molecule has 94 valence electrons. The number of thiazole rings is 1. The molecule has 0 saturated heterocycles. The molecule has 18 heavy (non-hydrogen) atoms. The number of hydrogen-bond acceptors (Lipinski definition) is 4. The molecule has 0 saturated carbocycles. The molecule has 0 unspecified atom stereocenters. The second-order valence-electron chi connectivity index (χ2n) is 3.61. The first kappa shape index (κ1) is 13.6. The highest BCUT2D eigenvalue weighted by atomic mass is 79.9. The zero-order valence-corrected chi connectivity index (χ0v) is 12.7. The molecule has 1 aromatic heterocycles. The molecule has 3 nitrogen and oxygen atoms in total. The molecule has 0 radical (unpaired) electrons. The van der Waals surface area contributed by atoms with E-state index in [2.05, 4.69) is 20.9 Å². The van der Waals surface area contributed by atoms with Crippen LogP contribution in [0, 0.1) is 6.92 Å². The van der Waals surface area contributed by atoms with Crippen LogP contribution in [0.2, 0.25) is 0 Å². The lowest BCUT2D eigenvalue weighted by molar-refractivity contribution is 0.0701. The Hall–Kier alpha value is -0.850.